The minimum Gasteiger partial charge on any atom is -0.390 e. The highest BCUT2D eigenvalue weighted by Gasteiger charge is 2.23. The molecule has 1 amide bonds. The van der Waals surface area contributed by atoms with Crippen LogP contribution in [0.15, 0.2) is 48.5 Å². The van der Waals surface area contributed by atoms with Crippen LogP contribution in [0.1, 0.15) is 40.8 Å². The Morgan fingerprint density at radius 3 is 2.50 bits per heavy atom. The lowest BCUT2D eigenvalue weighted by molar-refractivity contribution is -0.122. The molecule has 0 fully saturated rings. The molecule has 0 aliphatic rings. The Labute approximate surface area is 220 Å². The Hall–Kier alpha value is -3.76. The third-order valence-electron chi connectivity index (χ3n) is 6.25. The van der Waals surface area contributed by atoms with Gasteiger partial charge < -0.3 is 15.7 Å². The summed E-state index contributed by atoms with van der Waals surface area (Å²) in [6.07, 6.45) is -0.210. The molecule has 0 spiro atoms. The fourth-order valence-corrected chi connectivity index (χ4v) is 4.42. The van der Waals surface area contributed by atoms with Crippen LogP contribution in [-0.2, 0) is 30.6 Å². The molecule has 200 valence electrons. The van der Waals surface area contributed by atoms with Crippen molar-refractivity contribution in [3.8, 4) is 0 Å². The smallest absolute Gasteiger partial charge is 0.252 e. The zero-order valence-corrected chi connectivity index (χ0v) is 21.7. The summed E-state index contributed by atoms with van der Waals surface area (Å²) in [6.45, 7) is 6.49. The number of carbonyl (C=O) groups is 1. The highest BCUT2D eigenvalue weighted by molar-refractivity contribution is 5.78. The van der Waals surface area contributed by atoms with Gasteiger partial charge >= 0.3 is 0 Å². The summed E-state index contributed by atoms with van der Waals surface area (Å²) in [6, 6.07) is 12.4. The van der Waals surface area contributed by atoms with Crippen molar-refractivity contribution in [1.82, 2.24) is 30.2 Å². The molecule has 2 heterocycles. The van der Waals surface area contributed by atoms with Crippen LogP contribution in [0, 0.1) is 25.5 Å². The average molecular weight is 523 g/mol. The maximum absolute atomic E-state index is 13.8. The average Bonchev–Trinajstić information content (AvgIpc) is 3.25. The van der Waals surface area contributed by atoms with Gasteiger partial charge in [0, 0.05) is 30.5 Å². The van der Waals surface area contributed by atoms with Crippen molar-refractivity contribution < 1.29 is 18.7 Å². The Balaban J connectivity index is 1.45. The van der Waals surface area contributed by atoms with Gasteiger partial charge in [0.2, 0.25) is 5.91 Å². The van der Waals surface area contributed by atoms with E-state index in [0.29, 0.717) is 17.9 Å². The highest BCUT2D eigenvalue weighted by Crippen LogP contribution is 2.13. The Kier molecular flexibility index (Phi) is 8.75. The number of rotatable bonds is 11. The lowest BCUT2D eigenvalue weighted by Gasteiger charge is -2.25. The van der Waals surface area contributed by atoms with Crippen molar-refractivity contribution in [2.75, 3.05) is 6.54 Å². The SMILES string of the molecule is CCc1cccc(CNC[C@@H](O)[C@H](Cc2cc(F)cc(F)c2)NC(=O)Cc2nc3nc(C)cc(C)n3n2)c1. The van der Waals surface area contributed by atoms with Crippen molar-refractivity contribution in [1.29, 1.82) is 0 Å². The number of amides is 1. The number of nitrogens with one attached hydrogen (secondary N) is 2. The first-order chi connectivity index (χ1) is 18.2. The highest BCUT2D eigenvalue weighted by atomic mass is 19.1. The van der Waals surface area contributed by atoms with Gasteiger partial charge in [-0.1, -0.05) is 31.2 Å². The van der Waals surface area contributed by atoms with Crippen LogP contribution in [-0.4, -0.2) is 49.3 Å². The third kappa shape index (κ3) is 7.17. The third-order valence-corrected chi connectivity index (χ3v) is 6.25. The van der Waals surface area contributed by atoms with Crippen LogP contribution in [0.3, 0.4) is 0 Å². The van der Waals surface area contributed by atoms with Gasteiger partial charge in [0.1, 0.15) is 11.6 Å². The predicted molar refractivity (Wildman–Crippen MR) is 139 cm³/mol. The molecular weight excluding hydrogens is 490 g/mol. The Morgan fingerprint density at radius 2 is 1.76 bits per heavy atom. The van der Waals surface area contributed by atoms with Crippen molar-refractivity contribution >= 4 is 11.7 Å². The minimum atomic E-state index is -1.03. The second kappa shape index (κ2) is 12.2. The summed E-state index contributed by atoms with van der Waals surface area (Å²) in [4.78, 5) is 21.6. The maximum atomic E-state index is 13.8. The Bertz CT molecular complexity index is 1400. The number of carbonyl (C=O) groups excluding carboxylic acids is 1. The molecule has 2 atom stereocenters. The van der Waals surface area contributed by atoms with E-state index in [0.717, 1.165) is 29.4 Å². The summed E-state index contributed by atoms with van der Waals surface area (Å²) in [5, 5.41) is 21.3. The molecule has 0 aliphatic carbocycles. The minimum absolute atomic E-state index is 0.0348. The summed E-state index contributed by atoms with van der Waals surface area (Å²) in [5.41, 5.74) is 4.23. The zero-order valence-electron chi connectivity index (χ0n) is 21.7. The molecule has 3 N–H and O–H groups in total. The molecule has 0 saturated heterocycles. The number of fused-ring (bicyclic) bond motifs is 1. The van der Waals surface area contributed by atoms with E-state index in [2.05, 4.69) is 44.8 Å². The van der Waals surface area contributed by atoms with Gasteiger partial charge in [0.25, 0.3) is 5.78 Å². The lowest BCUT2D eigenvalue weighted by atomic mass is 10.00. The monoisotopic (exact) mass is 522 g/mol. The molecule has 4 aromatic rings. The normalized spacial score (nSPS) is 13.0. The van der Waals surface area contributed by atoms with E-state index in [-0.39, 0.29) is 25.2 Å². The van der Waals surface area contributed by atoms with Crippen LogP contribution in [0.4, 0.5) is 8.78 Å². The van der Waals surface area contributed by atoms with Crippen LogP contribution >= 0.6 is 0 Å². The van der Waals surface area contributed by atoms with E-state index in [1.807, 2.05) is 32.0 Å². The number of halogens is 2. The quantitative estimate of drug-likeness (QED) is 0.280. The first-order valence-corrected chi connectivity index (χ1v) is 12.6. The van der Waals surface area contributed by atoms with Gasteiger partial charge in [-0.3, -0.25) is 4.79 Å². The van der Waals surface area contributed by atoms with Crippen molar-refractivity contribution in [2.24, 2.45) is 0 Å². The molecule has 2 aromatic carbocycles. The van der Waals surface area contributed by atoms with Gasteiger partial charge in [-0.25, -0.2) is 18.3 Å². The zero-order chi connectivity index (χ0) is 27.2. The first kappa shape index (κ1) is 27.3. The molecule has 0 bridgehead atoms. The van der Waals surface area contributed by atoms with Crippen LogP contribution in [0.5, 0.6) is 0 Å². The first-order valence-electron chi connectivity index (χ1n) is 12.6. The topological polar surface area (TPSA) is 104 Å². The number of aromatic nitrogens is 4. The van der Waals surface area contributed by atoms with E-state index in [4.69, 9.17) is 0 Å². The number of nitrogens with zero attached hydrogens (tertiary/aromatic N) is 4. The number of hydrogen-bond donors (Lipinski definition) is 3. The maximum Gasteiger partial charge on any atom is 0.252 e. The molecule has 10 heteroatoms. The van der Waals surface area contributed by atoms with E-state index in [1.165, 1.54) is 17.7 Å². The number of aliphatic hydroxyl groups is 1. The number of benzene rings is 2. The van der Waals surface area contributed by atoms with Gasteiger partial charge in [-0.15, -0.1) is 5.10 Å². The lowest BCUT2D eigenvalue weighted by Crippen LogP contribution is -2.49. The second-order valence-corrected chi connectivity index (χ2v) is 9.48. The molecule has 4 rings (SSSR count). The summed E-state index contributed by atoms with van der Waals surface area (Å²) < 4.78 is 29.2. The molecule has 8 nitrogen and oxygen atoms in total. The largest absolute Gasteiger partial charge is 0.390 e. The van der Waals surface area contributed by atoms with Crippen LogP contribution in [0.25, 0.3) is 5.78 Å². The van der Waals surface area contributed by atoms with Crippen molar-refractivity contribution in [3.05, 3.63) is 94.1 Å². The van der Waals surface area contributed by atoms with Gasteiger partial charge in [0.05, 0.1) is 18.6 Å². The second-order valence-electron chi connectivity index (χ2n) is 9.48. The van der Waals surface area contributed by atoms with Gasteiger partial charge in [-0.05, 0) is 61.6 Å². The number of hydrogen-bond acceptors (Lipinski definition) is 6. The van der Waals surface area contributed by atoms with E-state index in [1.54, 1.807) is 4.52 Å². The van der Waals surface area contributed by atoms with Crippen molar-refractivity contribution in [2.45, 2.75) is 58.7 Å². The fourth-order valence-electron chi connectivity index (χ4n) is 4.42. The number of aryl methyl sites for hydroxylation is 3. The summed E-state index contributed by atoms with van der Waals surface area (Å²) in [5.74, 6) is -1.19. The molecule has 2 aromatic heterocycles. The Morgan fingerprint density at radius 1 is 1.03 bits per heavy atom. The van der Waals surface area contributed by atoms with Crippen molar-refractivity contribution in [3.63, 3.8) is 0 Å². The standard InChI is InChI=1S/C28H32F2N6O2/c1-4-19-6-5-7-20(9-19)15-31-16-25(37)24(12-21-10-22(29)13-23(30)11-21)33-27(38)14-26-34-28-32-17(2)8-18(3)36(28)35-26/h5-11,13,24-25,31,37H,4,12,14-16H2,1-3H3,(H,33,38)/t24-,25+/m0/s1. The summed E-state index contributed by atoms with van der Waals surface area (Å²) in [7, 11) is 0. The van der Waals surface area contributed by atoms with E-state index >= 15 is 0 Å². The predicted octanol–water partition coefficient (Wildman–Crippen LogP) is 3.00. The fraction of sp³-hybridized carbons (Fsp3) is 0.357. The molecule has 38 heavy (non-hydrogen) atoms. The van der Waals surface area contributed by atoms with Gasteiger partial charge in [-0.2, -0.15) is 4.98 Å². The van der Waals surface area contributed by atoms with Gasteiger partial charge in [0.15, 0.2) is 5.82 Å². The number of aliphatic hydroxyl groups excluding tert-OH is 1. The van der Waals surface area contributed by atoms with Crippen LogP contribution in [0.2, 0.25) is 0 Å². The summed E-state index contributed by atoms with van der Waals surface area (Å²) >= 11 is 0. The molecule has 0 radical (unpaired) electrons. The molecule has 0 aliphatic heterocycles. The molecular formula is C28H32F2N6O2. The molecule has 0 saturated carbocycles. The molecule has 0 unspecified atom stereocenters. The van der Waals surface area contributed by atoms with E-state index < -0.39 is 29.7 Å². The van der Waals surface area contributed by atoms with Crippen LogP contribution < -0.4 is 10.6 Å². The van der Waals surface area contributed by atoms with E-state index in [9.17, 15) is 18.7 Å².